The molecule has 0 aliphatic heterocycles. The van der Waals surface area contributed by atoms with Crippen LogP contribution in [-0.4, -0.2) is 30.5 Å². The van der Waals surface area contributed by atoms with Gasteiger partial charge in [-0.3, -0.25) is 14.9 Å². The number of para-hydroxylation sites is 1. The minimum absolute atomic E-state index is 0.00983. The van der Waals surface area contributed by atoms with Crippen LogP contribution in [0.15, 0.2) is 78.9 Å². The number of rotatable bonds is 6. The molecule has 0 aromatic heterocycles. The molecule has 5 nitrogen and oxygen atoms in total. The minimum atomic E-state index is -0.290. The van der Waals surface area contributed by atoms with E-state index in [1.54, 1.807) is 30.1 Å². The summed E-state index contributed by atoms with van der Waals surface area (Å²) in [6.07, 6.45) is 0.743. The van der Waals surface area contributed by atoms with Gasteiger partial charge in [0, 0.05) is 19.2 Å². The number of thiocarbonyl (C=S) groups is 1. The van der Waals surface area contributed by atoms with Crippen molar-refractivity contribution in [3.8, 4) is 0 Å². The van der Waals surface area contributed by atoms with E-state index >= 15 is 0 Å². The zero-order valence-corrected chi connectivity index (χ0v) is 20.9. The van der Waals surface area contributed by atoms with Crippen LogP contribution in [0.3, 0.4) is 0 Å². The molecular formula is C28H31N3O2S. The molecule has 0 saturated heterocycles. The molecule has 0 unspecified atom stereocenters. The molecule has 176 valence electrons. The number of hydrogen-bond donors (Lipinski definition) is 2. The van der Waals surface area contributed by atoms with Gasteiger partial charge in [0.05, 0.1) is 11.3 Å². The summed E-state index contributed by atoms with van der Waals surface area (Å²) in [5.74, 6) is -0.479. The van der Waals surface area contributed by atoms with Crippen LogP contribution in [0.5, 0.6) is 0 Å². The van der Waals surface area contributed by atoms with Crippen LogP contribution in [0, 0.1) is 0 Å². The van der Waals surface area contributed by atoms with Gasteiger partial charge in [-0.25, -0.2) is 0 Å². The van der Waals surface area contributed by atoms with E-state index in [9.17, 15) is 9.59 Å². The Labute approximate surface area is 207 Å². The van der Waals surface area contributed by atoms with Crippen molar-refractivity contribution in [2.24, 2.45) is 0 Å². The van der Waals surface area contributed by atoms with Gasteiger partial charge in [0.2, 0.25) is 0 Å². The average Bonchev–Trinajstić information content (AvgIpc) is 2.83. The molecule has 0 heterocycles. The smallest absolute Gasteiger partial charge is 0.257 e. The van der Waals surface area contributed by atoms with E-state index in [0.717, 1.165) is 17.5 Å². The Hall–Kier alpha value is -3.51. The van der Waals surface area contributed by atoms with E-state index in [2.05, 4.69) is 31.4 Å². The predicted molar refractivity (Wildman–Crippen MR) is 143 cm³/mol. The lowest BCUT2D eigenvalue weighted by molar-refractivity contribution is 0.0952. The highest BCUT2D eigenvalue weighted by atomic mass is 32.1. The van der Waals surface area contributed by atoms with Crippen LogP contribution < -0.4 is 15.5 Å². The molecular weight excluding hydrogens is 442 g/mol. The van der Waals surface area contributed by atoms with Gasteiger partial charge in [-0.05, 0) is 59.4 Å². The Morgan fingerprint density at radius 3 is 2.12 bits per heavy atom. The normalized spacial score (nSPS) is 10.9. The fraction of sp³-hybridized carbons (Fsp3) is 0.250. The first-order valence-electron chi connectivity index (χ1n) is 11.3. The molecule has 3 rings (SSSR count). The Kier molecular flexibility index (Phi) is 8.18. The van der Waals surface area contributed by atoms with E-state index in [4.69, 9.17) is 12.2 Å². The third-order valence-corrected chi connectivity index (χ3v) is 5.97. The van der Waals surface area contributed by atoms with Gasteiger partial charge in [0.15, 0.2) is 5.11 Å². The van der Waals surface area contributed by atoms with Crippen LogP contribution in [0.2, 0.25) is 0 Å². The van der Waals surface area contributed by atoms with Crippen molar-refractivity contribution in [2.75, 3.05) is 18.5 Å². The first kappa shape index (κ1) is 25.1. The third-order valence-electron chi connectivity index (χ3n) is 5.59. The van der Waals surface area contributed by atoms with Gasteiger partial charge in [0.25, 0.3) is 11.8 Å². The summed E-state index contributed by atoms with van der Waals surface area (Å²) >= 11 is 5.48. The third kappa shape index (κ3) is 6.51. The maximum absolute atomic E-state index is 12.9. The zero-order chi connectivity index (χ0) is 24.7. The largest absolute Gasteiger partial charge is 0.352 e. The van der Waals surface area contributed by atoms with Gasteiger partial charge in [0.1, 0.15) is 0 Å². The van der Waals surface area contributed by atoms with Gasteiger partial charge in [-0.15, -0.1) is 0 Å². The van der Waals surface area contributed by atoms with E-state index in [1.165, 1.54) is 0 Å². The molecule has 3 aromatic rings. The van der Waals surface area contributed by atoms with Crippen molar-refractivity contribution in [3.63, 3.8) is 0 Å². The summed E-state index contributed by atoms with van der Waals surface area (Å²) in [6.45, 7) is 6.90. The van der Waals surface area contributed by atoms with Crippen LogP contribution in [0.1, 0.15) is 52.6 Å². The lowest BCUT2D eigenvalue weighted by Gasteiger charge is -2.23. The molecule has 0 aliphatic rings. The SMILES string of the molecule is CN(C(=S)NC(=O)c1ccc(C(C)(C)C)cc1)c1ccccc1C(=O)NCCc1ccccc1. The molecule has 34 heavy (non-hydrogen) atoms. The first-order valence-corrected chi connectivity index (χ1v) is 11.7. The van der Waals surface area contributed by atoms with Crippen LogP contribution >= 0.6 is 12.2 Å². The van der Waals surface area contributed by atoms with Gasteiger partial charge in [-0.2, -0.15) is 0 Å². The number of carbonyl (C=O) groups is 2. The monoisotopic (exact) mass is 473 g/mol. The van der Waals surface area contributed by atoms with Crippen molar-refractivity contribution in [2.45, 2.75) is 32.6 Å². The number of nitrogens with one attached hydrogen (secondary N) is 2. The summed E-state index contributed by atoms with van der Waals surface area (Å²) in [6, 6.07) is 24.7. The molecule has 0 atom stereocenters. The van der Waals surface area contributed by atoms with E-state index in [1.807, 2.05) is 60.7 Å². The van der Waals surface area contributed by atoms with E-state index in [-0.39, 0.29) is 22.3 Å². The van der Waals surface area contributed by atoms with Gasteiger partial charge < -0.3 is 10.2 Å². The second-order valence-electron chi connectivity index (χ2n) is 9.15. The molecule has 2 amide bonds. The molecule has 6 heteroatoms. The first-order chi connectivity index (χ1) is 16.2. The van der Waals surface area contributed by atoms with Crippen molar-refractivity contribution in [3.05, 3.63) is 101 Å². The van der Waals surface area contributed by atoms with Gasteiger partial charge >= 0.3 is 0 Å². The summed E-state index contributed by atoms with van der Waals surface area (Å²) in [5.41, 5.74) is 3.95. The molecule has 0 saturated carbocycles. The Morgan fingerprint density at radius 1 is 0.853 bits per heavy atom. The lowest BCUT2D eigenvalue weighted by atomic mass is 9.87. The zero-order valence-electron chi connectivity index (χ0n) is 20.1. The maximum Gasteiger partial charge on any atom is 0.257 e. The predicted octanol–water partition coefficient (Wildman–Crippen LogP) is 5.11. The standard InChI is InChI=1S/C28H31N3O2S/c1-28(2,3)22-16-14-21(15-17-22)25(32)30-27(34)31(4)24-13-9-8-12-23(24)26(33)29-19-18-20-10-6-5-7-11-20/h5-17H,18-19H2,1-4H3,(H,29,33)(H,30,32,34). The van der Waals surface area contributed by atoms with Crippen LogP contribution in [-0.2, 0) is 11.8 Å². The number of anilines is 1. The Bertz CT molecular complexity index is 1150. The molecule has 2 N–H and O–H groups in total. The maximum atomic E-state index is 12.9. The molecule has 0 fully saturated rings. The van der Waals surface area contributed by atoms with E-state index < -0.39 is 0 Å². The average molecular weight is 474 g/mol. The molecule has 0 bridgehead atoms. The van der Waals surface area contributed by atoms with Crippen molar-refractivity contribution in [1.82, 2.24) is 10.6 Å². The molecule has 0 aliphatic carbocycles. The highest BCUT2D eigenvalue weighted by Crippen LogP contribution is 2.22. The molecule has 0 radical (unpaired) electrons. The summed E-state index contributed by atoms with van der Waals surface area (Å²) in [4.78, 5) is 27.3. The van der Waals surface area contributed by atoms with Crippen LogP contribution in [0.4, 0.5) is 5.69 Å². The Morgan fingerprint density at radius 2 is 1.47 bits per heavy atom. The summed E-state index contributed by atoms with van der Waals surface area (Å²) < 4.78 is 0. The van der Waals surface area contributed by atoms with Gasteiger partial charge in [-0.1, -0.05) is 75.4 Å². The van der Waals surface area contributed by atoms with E-state index in [0.29, 0.717) is 23.4 Å². The van der Waals surface area contributed by atoms with Crippen molar-refractivity contribution in [1.29, 1.82) is 0 Å². The summed E-state index contributed by atoms with van der Waals surface area (Å²) in [5, 5.41) is 5.96. The number of hydrogen-bond acceptors (Lipinski definition) is 3. The van der Waals surface area contributed by atoms with Crippen molar-refractivity contribution < 1.29 is 9.59 Å². The van der Waals surface area contributed by atoms with Crippen LogP contribution in [0.25, 0.3) is 0 Å². The molecule has 3 aromatic carbocycles. The number of nitrogens with zero attached hydrogens (tertiary/aromatic N) is 1. The Balaban J connectivity index is 1.64. The number of carbonyl (C=O) groups excluding carboxylic acids is 2. The van der Waals surface area contributed by atoms with Crippen molar-refractivity contribution >= 4 is 34.8 Å². The fourth-order valence-electron chi connectivity index (χ4n) is 3.50. The highest BCUT2D eigenvalue weighted by Gasteiger charge is 2.19. The number of amides is 2. The summed E-state index contributed by atoms with van der Waals surface area (Å²) in [7, 11) is 1.74. The fourth-order valence-corrected chi connectivity index (χ4v) is 3.69. The lowest BCUT2D eigenvalue weighted by Crippen LogP contribution is -2.41. The highest BCUT2D eigenvalue weighted by molar-refractivity contribution is 7.80. The molecule has 0 spiro atoms. The second kappa shape index (κ2) is 11.1. The topological polar surface area (TPSA) is 61.4 Å². The second-order valence-corrected chi connectivity index (χ2v) is 9.54. The quantitative estimate of drug-likeness (QED) is 0.489. The number of benzene rings is 3. The minimum Gasteiger partial charge on any atom is -0.352 e.